The predicted molar refractivity (Wildman–Crippen MR) is 99.4 cm³/mol. The first-order valence-electron chi connectivity index (χ1n) is 8.96. The highest BCUT2D eigenvalue weighted by atomic mass is 19.1. The van der Waals surface area contributed by atoms with Crippen LogP contribution in [0.4, 0.5) is 9.18 Å². The third-order valence-electron chi connectivity index (χ3n) is 3.70. The smallest absolute Gasteiger partial charge is 0.407 e. The maximum Gasteiger partial charge on any atom is 0.407 e. The highest BCUT2D eigenvalue weighted by molar-refractivity contribution is 5.87. The first-order chi connectivity index (χ1) is 13.2. The summed E-state index contributed by atoms with van der Waals surface area (Å²) in [7, 11) is 0. The molecular formula is C19H25FN4O4. The standard InChI is InChI=1S/C19H25FN4O4/c1-13(14-8-5-6-9-21-14)24-12-23-16(20)15(24)17(25)27-11-7-10-22-18(26)28-19(2,3)4/h5-6,8-9,12-13H,7,10-11H2,1-4H3,(H,22,26)/t13-/m1/s1. The first-order valence-corrected chi connectivity index (χ1v) is 8.96. The van der Waals surface area contributed by atoms with Crippen LogP contribution in [-0.2, 0) is 9.47 Å². The molecule has 9 heteroatoms. The van der Waals surface area contributed by atoms with Gasteiger partial charge in [-0.25, -0.2) is 14.6 Å². The van der Waals surface area contributed by atoms with Crippen LogP contribution in [0.25, 0.3) is 0 Å². The van der Waals surface area contributed by atoms with E-state index in [0.29, 0.717) is 12.1 Å². The van der Waals surface area contributed by atoms with Gasteiger partial charge in [-0.1, -0.05) is 6.07 Å². The minimum absolute atomic E-state index is 0.0111. The summed E-state index contributed by atoms with van der Waals surface area (Å²) in [5.74, 6) is -1.73. The fraction of sp³-hybridized carbons (Fsp3) is 0.474. The van der Waals surface area contributed by atoms with Crippen molar-refractivity contribution in [2.24, 2.45) is 0 Å². The Morgan fingerprint density at radius 2 is 2.04 bits per heavy atom. The van der Waals surface area contributed by atoms with Crippen LogP contribution in [0.3, 0.4) is 0 Å². The van der Waals surface area contributed by atoms with Gasteiger partial charge in [0.2, 0.25) is 5.95 Å². The molecule has 0 aromatic carbocycles. The number of aromatic nitrogens is 3. The zero-order valence-corrected chi connectivity index (χ0v) is 16.4. The lowest BCUT2D eigenvalue weighted by Gasteiger charge is -2.19. The average Bonchev–Trinajstić information content (AvgIpc) is 3.01. The number of nitrogens with one attached hydrogen (secondary N) is 1. The number of hydrogen-bond donors (Lipinski definition) is 1. The van der Waals surface area contributed by atoms with E-state index in [1.165, 1.54) is 10.9 Å². The maximum atomic E-state index is 14.0. The lowest BCUT2D eigenvalue weighted by atomic mass is 10.2. The number of rotatable bonds is 7. The number of halogens is 1. The van der Waals surface area contributed by atoms with E-state index < -0.39 is 29.7 Å². The number of carbonyl (C=O) groups excluding carboxylic acids is 2. The third-order valence-corrected chi connectivity index (χ3v) is 3.70. The zero-order chi connectivity index (χ0) is 20.7. The van der Waals surface area contributed by atoms with Crippen molar-refractivity contribution < 1.29 is 23.5 Å². The van der Waals surface area contributed by atoms with Gasteiger partial charge in [-0.2, -0.15) is 4.39 Å². The molecule has 0 aliphatic rings. The predicted octanol–water partition coefficient (Wildman–Crippen LogP) is 3.10. The minimum atomic E-state index is -0.903. The van der Waals surface area contributed by atoms with Crippen molar-refractivity contribution in [2.75, 3.05) is 13.2 Å². The van der Waals surface area contributed by atoms with Crippen LogP contribution in [0.1, 0.15) is 56.3 Å². The molecule has 0 aliphatic heterocycles. The van der Waals surface area contributed by atoms with Crippen LogP contribution in [0, 0.1) is 5.95 Å². The number of esters is 1. The van der Waals surface area contributed by atoms with Crippen molar-refractivity contribution >= 4 is 12.1 Å². The quantitative estimate of drug-likeness (QED) is 0.575. The van der Waals surface area contributed by atoms with Crippen LogP contribution in [0.2, 0.25) is 0 Å². The molecule has 0 fully saturated rings. The SMILES string of the molecule is C[C@H](c1ccccn1)n1cnc(F)c1C(=O)OCCCNC(=O)OC(C)(C)C. The van der Waals surface area contributed by atoms with Crippen molar-refractivity contribution in [3.05, 3.63) is 48.1 Å². The molecule has 28 heavy (non-hydrogen) atoms. The first kappa shape index (κ1) is 21.3. The number of hydrogen-bond acceptors (Lipinski definition) is 6. The maximum absolute atomic E-state index is 14.0. The summed E-state index contributed by atoms with van der Waals surface area (Å²) in [5, 5.41) is 2.56. The molecule has 8 nitrogen and oxygen atoms in total. The molecule has 0 saturated carbocycles. The lowest BCUT2D eigenvalue weighted by molar-refractivity contribution is 0.0468. The molecule has 1 atom stereocenters. The summed E-state index contributed by atoms with van der Waals surface area (Å²) in [4.78, 5) is 31.6. The van der Waals surface area contributed by atoms with Gasteiger partial charge >= 0.3 is 12.1 Å². The normalized spacial score (nSPS) is 12.3. The number of amides is 1. The summed E-state index contributed by atoms with van der Waals surface area (Å²) in [6.07, 6.45) is 2.67. The van der Waals surface area contributed by atoms with Gasteiger partial charge in [0.15, 0.2) is 5.69 Å². The fourth-order valence-electron chi connectivity index (χ4n) is 2.40. The number of imidazole rings is 1. The Hall–Kier alpha value is -2.97. The van der Waals surface area contributed by atoms with Crippen LogP contribution in [0.5, 0.6) is 0 Å². The van der Waals surface area contributed by atoms with Gasteiger partial charge in [0, 0.05) is 12.7 Å². The van der Waals surface area contributed by atoms with Gasteiger partial charge in [0.1, 0.15) is 5.60 Å². The zero-order valence-electron chi connectivity index (χ0n) is 16.4. The van der Waals surface area contributed by atoms with Gasteiger partial charge in [-0.3, -0.25) is 4.98 Å². The molecule has 2 aromatic rings. The van der Waals surface area contributed by atoms with Gasteiger partial charge in [0.25, 0.3) is 0 Å². The van der Waals surface area contributed by atoms with E-state index in [0.717, 1.165) is 0 Å². The highest BCUT2D eigenvalue weighted by Gasteiger charge is 2.24. The van der Waals surface area contributed by atoms with E-state index in [9.17, 15) is 14.0 Å². The highest BCUT2D eigenvalue weighted by Crippen LogP contribution is 2.20. The molecule has 0 saturated heterocycles. The van der Waals surface area contributed by atoms with Crippen LogP contribution < -0.4 is 5.32 Å². The second-order valence-corrected chi connectivity index (χ2v) is 7.14. The number of nitrogens with zero attached hydrogens (tertiary/aromatic N) is 3. The van der Waals surface area contributed by atoms with Gasteiger partial charge in [0.05, 0.1) is 24.7 Å². The third kappa shape index (κ3) is 6.04. The molecule has 0 spiro atoms. The molecule has 2 aromatic heterocycles. The second-order valence-electron chi connectivity index (χ2n) is 7.14. The van der Waals surface area contributed by atoms with Crippen molar-refractivity contribution in [2.45, 2.75) is 45.8 Å². The molecule has 0 bridgehead atoms. The topological polar surface area (TPSA) is 95.3 Å². The Balaban J connectivity index is 1.88. The molecule has 1 amide bonds. The van der Waals surface area contributed by atoms with Crippen LogP contribution in [0.15, 0.2) is 30.7 Å². The number of ether oxygens (including phenoxy) is 2. The lowest BCUT2D eigenvalue weighted by Crippen LogP contribution is -2.33. The fourth-order valence-corrected chi connectivity index (χ4v) is 2.40. The Bertz CT molecular complexity index is 802. The molecule has 152 valence electrons. The van der Waals surface area contributed by atoms with E-state index in [1.54, 1.807) is 46.0 Å². The van der Waals surface area contributed by atoms with Crippen molar-refractivity contribution in [3.63, 3.8) is 0 Å². The molecule has 2 rings (SSSR count). The molecule has 2 heterocycles. The number of alkyl carbamates (subject to hydrolysis) is 1. The molecular weight excluding hydrogens is 367 g/mol. The Morgan fingerprint density at radius 1 is 1.29 bits per heavy atom. The average molecular weight is 392 g/mol. The van der Waals surface area contributed by atoms with E-state index >= 15 is 0 Å². The van der Waals surface area contributed by atoms with Crippen LogP contribution in [-0.4, -0.2) is 45.4 Å². The summed E-state index contributed by atoms with van der Waals surface area (Å²) >= 11 is 0. The largest absolute Gasteiger partial charge is 0.461 e. The van der Waals surface area contributed by atoms with Crippen molar-refractivity contribution in [1.82, 2.24) is 19.9 Å². The second kappa shape index (κ2) is 9.29. The number of carbonyl (C=O) groups is 2. The van der Waals surface area contributed by atoms with Gasteiger partial charge < -0.3 is 19.4 Å². The Kier molecular flexibility index (Phi) is 7.08. The van der Waals surface area contributed by atoms with Gasteiger partial charge in [-0.15, -0.1) is 0 Å². The van der Waals surface area contributed by atoms with E-state index in [-0.39, 0.29) is 18.8 Å². The molecule has 1 N–H and O–H groups in total. The summed E-state index contributed by atoms with van der Waals surface area (Å²) < 4.78 is 25.7. The Labute approximate surface area is 163 Å². The molecule has 0 aliphatic carbocycles. The minimum Gasteiger partial charge on any atom is -0.461 e. The monoisotopic (exact) mass is 392 g/mol. The summed E-state index contributed by atoms with van der Waals surface area (Å²) in [6, 6.07) is 4.96. The van der Waals surface area contributed by atoms with Crippen LogP contribution >= 0.6 is 0 Å². The summed E-state index contributed by atoms with van der Waals surface area (Å²) in [6.45, 7) is 7.34. The van der Waals surface area contributed by atoms with E-state index in [1.807, 2.05) is 6.07 Å². The van der Waals surface area contributed by atoms with E-state index in [2.05, 4.69) is 15.3 Å². The van der Waals surface area contributed by atoms with E-state index in [4.69, 9.17) is 9.47 Å². The summed E-state index contributed by atoms with van der Waals surface area (Å²) in [5.41, 5.74) is -0.190. The molecule has 0 unspecified atom stereocenters. The van der Waals surface area contributed by atoms with Gasteiger partial charge in [-0.05, 0) is 46.2 Å². The number of pyridine rings is 1. The molecule has 0 radical (unpaired) electrons. The van der Waals surface area contributed by atoms with Crippen molar-refractivity contribution in [3.8, 4) is 0 Å². The Morgan fingerprint density at radius 3 is 2.68 bits per heavy atom. The van der Waals surface area contributed by atoms with Crippen molar-refractivity contribution in [1.29, 1.82) is 0 Å².